The van der Waals surface area contributed by atoms with Gasteiger partial charge in [0.15, 0.2) is 0 Å². The molecule has 0 spiro atoms. The lowest BCUT2D eigenvalue weighted by atomic mass is 9.87. The van der Waals surface area contributed by atoms with Gasteiger partial charge in [-0.05, 0) is 48.7 Å². The lowest BCUT2D eigenvalue weighted by Crippen LogP contribution is -2.86. The number of para-hydroxylation sites is 1. The SMILES string of the molecule is NC(=O)c1c(-c2ccc(Oc3ccccc3)cc2)nn2c1NCCC2C1CC[NH2+]CC1. The number of piperidine rings is 1. The Morgan fingerprint density at radius 2 is 1.74 bits per heavy atom. The molecule has 1 fully saturated rings. The van der Waals surface area contributed by atoms with Crippen LogP contribution in [0.4, 0.5) is 5.82 Å². The maximum absolute atomic E-state index is 12.4. The van der Waals surface area contributed by atoms with Crippen LogP contribution in [0.5, 0.6) is 11.5 Å². The Bertz CT molecular complexity index is 1060. The van der Waals surface area contributed by atoms with E-state index in [1.165, 1.54) is 12.8 Å². The quantitative estimate of drug-likeness (QED) is 0.593. The molecule has 0 radical (unpaired) electrons. The highest BCUT2D eigenvalue weighted by Gasteiger charge is 2.34. The summed E-state index contributed by atoms with van der Waals surface area (Å²) >= 11 is 0. The molecule has 0 aliphatic carbocycles. The van der Waals surface area contributed by atoms with Gasteiger partial charge in [-0.25, -0.2) is 4.68 Å². The highest BCUT2D eigenvalue weighted by molar-refractivity contribution is 6.03. The second kappa shape index (κ2) is 8.43. The molecule has 0 bridgehead atoms. The minimum Gasteiger partial charge on any atom is -0.457 e. The van der Waals surface area contributed by atoms with Gasteiger partial charge >= 0.3 is 0 Å². The predicted octanol–water partition coefficient (Wildman–Crippen LogP) is 2.77. The summed E-state index contributed by atoms with van der Waals surface area (Å²) in [6.07, 6.45) is 3.37. The number of ether oxygens (including phenoxy) is 1. The van der Waals surface area contributed by atoms with Crippen LogP contribution in [0.3, 0.4) is 0 Å². The Balaban J connectivity index is 1.47. The van der Waals surface area contributed by atoms with Crippen LogP contribution in [0.15, 0.2) is 54.6 Å². The molecule has 5 N–H and O–H groups in total. The Hall–Kier alpha value is -3.32. The van der Waals surface area contributed by atoms with Crippen molar-refractivity contribution >= 4 is 11.7 Å². The summed E-state index contributed by atoms with van der Waals surface area (Å²) in [5.41, 5.74) is 7.78. The first-order valence-corrected chi connectivity index (χ1v) is 11.0. The summed E-state index contributed by atoms with van der Waals surface area (Å²) < 4.78 is 7.92. The van der Waals surface area contributed by atoms with Crippen molar-refractivity contribution in [2.75, 3.05) is 25.0 Å². The first-order chi connectivity index (χ1) is 15.2. The normalized spacial score (nSPS) is 18.8. The van der Waals surface area contributed by atoms with Gasteiger partial charge in [-0.1, -0.05) is 18.2 Å². The van der Waals surface area contributed by atoms with Crippen molar-refractivity contribution in [3.8, 4) is 22.8 Å². The first kappa shape index (κ1) is 19.6. The fourth-order valence-electron chi connectivity index (χ4n) is 4.82. The number of nitrogens with one attached hydrogen (secondary N) is 1. The summed E-state index contributed by atoms with van der Waals surface area (Å²) in [5.74, 6) is 2.40. The molecule has 2 aliphatic heterocycles. The third kappa shape index (κ3) is 3.88. The van der Waals surface area contributed by atoms with E-state index in [0.717, 1.165) is 48.9 Å². The zero-order valence-corrected chi connectivity index (χ0v) is 17.5. The fourth-order valence-corrected chi connectivity index (χ4v) is 4.82. The van der Waals surface area contributed by atoms with E-state index in [1.54, 1.807) is 0 Å². The predicted molar refractivity (Wildman–Crippen MR) is 119 cm³/mol. The number of primary amides is 1. The maximum atomic E-state index is 12.4. The number of quaternary nitrogens is 1. The summed E-state index contributed by atoms with van der Waals surface area (Å²) in [4.78, 5) is 12.4. The van der Waals surface area contributed by atoms with E-state index in [4.69, 9.17) is 15.6 Å². The fraction of sp³-hybridized carbons (Fsp3) is 0.333. The second-order valence-corrected chi connectivity index (χ2v) is 8.31. The number of anilines is 1. The minimum atomic E-state index is -0.453. The van der Waals surface area contributed by atoms with Gasteiger partial charge in [0.25, 0.3) is 5.91 Å². The standard InChI is InChI=1S/C24H27N5O2/c25-23(30)21-22(17-6-8-19(9-7-17)31-18-4-2-1-3-5-18)28-29-20(12-15-27-24(21)29)16-10-13-26-14-11-16/h1-9,16,20,26-27H,10-15H2,(H2,25,30)/p+1. The van der Waals surface area contributed by atoms with E-state index in [2.05, 4.69) is 10.6 Å². The minimum absolute atomic E-state index is 0.303. The van der Waals surface area contributed by atoms with Crippen LogP contribution in [0.25, 0.3) is 11.3 Å². The Kier molecular flexibility index (Phi) is 5.34. The van der Waals surface area contributed by atoms with Gasteiger partial charge in [0.2, 0.25) is 0 Å². The van der Waals surface area contributed by atoms with Crippen molar-refractivity contribution < 1.29 is 14.8 Å². The van der Waals surface area contributed by atoms with Crippen LogP contribution in [-0.4, -0.2) is 35.3 Å². The number of hydrogen-bond donors (Lipinski definition) is 3. The third-order valence-electron chi connectivity index (χ3n) is 6.34. The molecule has 7 nitrogen and oxygen atoms in total. The molecule has 1 aromatic heterocycles. The molecule has 1 saturated heterocycles. The molecule has 31 heavy (non-hydrogen) atoms. The maximum Gasteiger partial charge on any atom is 0.254 e. The number of nitrogens with zero attached hydrogens (tertiary/aromatic N) is 2. The van der Waals surface area contributed by atoms with E-state index in [1.807, 2.05) is 59.3 Å². The summed E-state index contributed by atoms with van der Waals surface area (Å²) in [7, 11) is 0. The summed E-state index contributed by atoms with van der Waals surface area (Å²) in [5, 5.41) is 10.7. The topological polar surface area (TPSA) is 98.8 Å². The molecular weight excluding hydrogens is 390 g/mol. The number of rotatable bonds is 5. The number of hydrogen-bond acceptors (Lipinski definition) is 4. The zero-order valence-electron chi connectivity index (χ0n) is 17.5. The smallest absolute Gasteiger partial charge is 0.254 e. The number of aromatic nitrogens is 2. The number of amides is 1. The molecule has 0 saturated carbocycles. The van der Waals surface area contributed by atoms with Crippen LogP contribution in [-0.2, 0) is 0 Å². The number of carbonyl (C=O) groups is 1. The Morgan fingerprint density at radius 3 is 2.45 bits per heavy atom. The molecule has 7 heteroatoms. The summed E-state index contributed by atoms with van der Waals surface area (Å²) in [6, 6.07) is 17.6. The Labute approximate surface area is 181 Å². The van der Waals surface area contributed by atoms with Gasteiger partial charge in [0.05, 0.1) is 19.1 Å². The van der Waals surface area contributed by atoms with Crippen LogP contribution in [0.1, 0.15) is 35.7 Å². The number of benzene rings is 2. The van der Waals surface area contributed by atoms with Crippen LogP contribution >= 0.6 is 0 Å². The van der Waals surface area contributed by atoms with Crippen molar-refractivity contribution in [1.29, 1.82) is 0 Å². The lowest BCUT2D eigenvalue weighted by Gasteiger charge is -2.33. The van der Waals surface area contributed by atoms with Crippen molar-refractivity contribution in [2.45, 2.75) is 25.3 Å². The molecule has 3 aromatic rings. The molecule has 3 heterocycles. The van der Waals surface area contributed by atoms with Crippen molar-refractivity contribution in [3.63, 3.8) is 0 Å². The molecule has 2 aliphatic rings. The number of fused-ring (bicyclic) bond motifs is 1. The number of nitrogens with two attached hydrogens (primary N) is 2. The second-order valence-electron chi connectivity index (χ2n) is 8.31. The zero-order chi connectivity index (χ0) is 21.2. The monoisotopic (exact) mass is 418 g/mol. The molecule has 5 rings (SSSR count). The Morgan fingerprint density at radius 1 is 1.03 bits per heavy atom. The van der Waals surface area contributed by atoms with Gasteiger partial charge in [0.1, 0.15) is 28.6 Å². The van der Waals surface area contributed by atoms with E-state index < -0.39 is 5.91 Å². The van der Waals surface area contributed by atoms with E-state index in [9.17, 15) is 4.79 Å². The van der Waals surface area contributed by atoms with Gasteiger partial charge < -0.3 is 21.1 Å². The molecule has 1 amide bonds. The van der Waals surface area contributed by atoms with Gasteiger partial charge in [-0.15, -0.1) is 0 Å². The van der Waals surface area contributed by atoms with Crippen molar-refractivity contribution in [1.82, 2.24) is 9.78 Å². The molecular formula is C24H28N5O2+. The molecule has 1 atom stereocenters. The van der Waals surface area contributed by atoms with Crippen LogP contribution < -0.4 is 21.1 Å². The van der Waals surface area contributed by atoms with E-state index >= 15 is 0 Å². The first-order valence-electron chi connectivity index (χ1n) is 11.0. The highest BCUT2D eigenvalue weighted by atomic mass is 16.5. The van der Waals surface area contributed by atoms with Gasteiger partial charge in [-0.3, -0.25) is 4.79 Å². The lowest BCUT2D eigenvalue weighted by molar-refractivity contribution is -0.665. The third-order valence-corrected chi connectivity index (χ3v) is 6.34. The molecule has 1 unspecified atom stereocenters. The van der Waals surface area contributed by atoms with Gasteiger partial charge in [-0.2, -0.15) is 5.10 Å². The van der Waals surface area contributed by atoms with Gasteiger partial charge in [0, 0.05) is 24.9 Å². The van der Waals surface area contributed by atoms with Crippen molar-refractivity contribution in [2.24, 2.45) is 11.7 Å². The molecule has 2 aromatic carbocycles. The van der Waals surface area contributed by atoms with Crippen molar-refractivity contribution in [3.05, 3.63) is 60.2 Å². The largest absolute Gasteiger partial charge is 0.457 e. The van der Waals surface area contributed by atoms with E-state index in [-0.39, 0.29) is 0 Å². The average molecular weight is 419 g/mol. The average Bonchev–Trinajstić information content (AvgIpc) is 3.21. The highest BCUT2D eigenvalue weighted by Crippen LogP contribution is 2.39. The van der Waals surface area contributed by atoms with E-state index in [0.29, 0.717) is 23.2 Å². The molecule has 160 valence electrons. The number of carbonyl (C=O) groups excluding carboxylic acids is 1. The summed E-state index contributed by atoms with van der Waals surface area (Å²) in [6.45, 7) is 3.15. The van der Waals surface area contributed by atoms with Crippen LogP contribution in [0.2, 0.25) is 0 Å². The van der Waals surface area contributed by atoms with Crippen LogP contribution in [0, 0.1) is 5.92 Å².